The molecule has 0 radical (unpaired) electrons. The Balaban J connectivity index is 1.76. The van der Waals surface area contributed by atoms with Crippen molar-refractivity contribution in [2.45, 2.75) is 23.7 Å². The first-order valence-corrected chi connectivity index (χ1v) is 8.77. The number of ether oxygens (including phenoxy) is 1. The van der Waals surface area contributed by atoms with Gasteiger partial charge in [-0.3, -0.25) is 0 Å². The summed E-state index contributed by atoms with van der Waals surface area (Å²) in [5.74, 6) is 0. The van der Waals surface area contributed by atoms with Crippen LogP contribution in [0.3, 0.4) is 0 Å². The van der Waals surface area contributed by atoms with Crippen LogP contribution in [0.1, 0.15) is 17.2 Å². The molecule has 0 aliphatic heterocycles. The molecule has 128 valence electrons. The molecule has 0 fully saturated rings. The molecule has 2 unspecified atom stereocenters. The lowest BCUT2D eigenvalue weighted by Gasteiger charge is -2.18. The van der Waals surface area contributed by atoms with Crippen molar-refractivity contribution < 1.29 is 19.7 Å². The van der Waals surface area contributed by atoms with Crippen LogP contribution in [0.15, 0.2) is 59.5 Å². The fourth-order valence-corrected chi connectivity index (χ4v) is 2.51. The standard InChI is InChI=1S/C18H21NO4S/c1-24-15-9-7-14(8-10-15)17(21)16(20)11-19-18(22)23-12-13-5-3-2-4-6-13/h2-10,16-17,20-21H,11-12H2,1H3,(H,19,22). The van der Waals surface area contributed by atoms with Crippen LogP contribution >= 0.6 is 11.8 Å². The van der Waals surface area contributed by atoms with Crippen molar-refractivity contribution in [3.8, 4) is 0 Å². The molecular formula is C18H21NO4S. The highest BCUT2D eigenvalue weighted by Crippen LogP contribution is 2.21. The van der Waals surface area contributed by atoms with Crippen LogP contribution in [0, 0.1) is 0 Å². The third-order valence-corrected chi connectivity index (χ3v) is 4.23. The number of rotatable bonds is 7. The molecule has 0 saturated carbocycles. The van der Waals surface area contributed by atoms with Gasteiger partial charge >= 0.3 is 6.09 Å². The molecule has 6 heteroatoms. The number of carbonyl (C=O) groups excluding carboxylic acids is 1. The van der Waals surface area contributed by atoms with Crippen molar-refractivity contribution in [2.24, 2.45) is 0 Å². The van der Waals surface area contributed by atoms with Crippen molar-refractivity contribution in [3.05, 3.63) is 65.7 Å². The number of thioether (sulfide) groups is 1. The molecule has 0 aromatic heterocycles. The van der Waals surface area contributed by atoms with Crippen LogP contribution in [0.2, 0.25) is 0 Å². The summed E-state index contributed by atoms with van der Waals surface area (Å²) in [6.07, 6.45) is -0.863. The third-order valence-electron chi connectivity index (χ3n) is 3.49. The monoisotopic (exact) mass is 347 g/mol. The maximum Gasteiger partial charge on any atom is 0.407 e. The Morgan fingerprint density at radius 2 is 1.79 bits per heavy atom. The largest absolute Gasteiger partial charge is 0.445 e. The Morgan fingerprint density at radius 3 is 2.42 bits per heavy atom. The number of aliphatic hydroxyl groups is 2. The van der Waals surface area contributed by atoms with Gasteiger partial charge in [-0.15, -0.1) is 11.8 Å². The average molecular weight is 347 g/mol. The van der Waals surface area contributed by atoms with Crippen LogP contribution in [-0.4, -0.2) is 35.2 Å². The quantitative estimate of drug-likeness (QED) is 0.671. The number of nitrogens with one attached hydrogen (secondary N) is 1. The van der Waals surface area contributed by atoms with Crippen LogP contribution in [0.5, 0.6) is 0 Å². The van der Waals surface area contributed by atoms with Gasteiger partial charge in [0.05, 0.1) is 0 Å². The number of benzene rings is 2. The summed E-state index contributed by atoms with van der Waals surface area (Å²) in [5, 5.41) is 22.6. The van der Waals surface area contributed by atoms with E-state index in [1.54, 1.807) is 23.9 Å². The molecule has 0 bridgehead atoms. The van der Waals surface area contributed by atoms with Crippen LogP contribution in [-0.2, 0) is 11.3 Å². The zero-order valence-electron chi connectivity index (χ0n) is 13.4. The van der Waals surface area contributed by atoms with E-state index in [1.807, 2.05) is 48.7 Å². The second-order valence-electron chi connectivity index (χ2n) is 5.23. The number of carbonyl (C=O) groups is 1. The summed E-state index contributed by atoms with van der Waals surface area (Å²) in [6, 6.07) is 16.6. The van der Waals surface area contributed by atoms with Gasteiger partial charge in [0, 0.05) is 11.4 Å². The number of alkyl carbamates (subject to hydrolysis) is 1. The van der Waals surface area contributed by atoms with E-state index in [0.29, 0.717) is 5.56 Å². The maximum atomic E-state index is 11.6. The first-order valence-electron chi connectivity index (χ1n) is 7.55. The molecule has 0 aliphatic rings. The minimum Gasteiger partial charge on any atom is -0.445 e. The Kier molecular flexibility index (Phi) is 7.11. The molecular weight excluding hydrogens is 326 g/mol. The molecule has 0 saturated heterocycles. The summed E-state index contributed by atoms with van der Waals surface area (Å²) in [6.45, 7) is 0.0561. The van der Waals surface area contributed by atoms with E-state index in [-0.39, 0.29) is 13.2 Å². The van der Waals surface area contributed by atoms with Gasteiger partial charge in [0.25, 0.3) is 0 Å². The summed E-state index contributed by atoms with van der Waals surface area (Å²) >= 11 is 1.60. The molecule has 0 spiro atoms. The van der Waals surface area contributed by atoms with E-state index in [0.717, 1.165) is 10.5 Å². The van der Waals surface area contributed by atoms with Gasteiger partial charge in [-0.1, -0.05) is 42.5 Å². The zero-order valence-corrected chi connectivity index (χ0v) is 14.2. The molecule has 3 N–H and O–H groups in total. The number of aliphatic hydroxyl groups excluding tert-OH is 2. The van der Waals surface area contributed by atoms with Crippen LogP contribution < -0.4 is 5.32 Å². The van der Waals surface area contributed by atoms with Crippen molar-refractivity contribution in [1.82, 2.24) is 5.32 Å². The molecule has 5 nitrogen and oxygen atoms in total. The second kappa shape index (κ2) is 9.32. The van der Waals surface area contributed by atoms with E-state index in [2.05, 4.69) is 5.32 Å². The van der Waals surface area contributed by atoms with Gasteiger partial charge < -0.3 is 20.3 Å². The Morgan fingerprint density at radius 1 is 1.12 bits per heavy atom. The highest BCUT2D eigenvalue weighted by molar-refractivity contribution is 7.98. The number of hydrogen-bond acceptors (Lipinski definition) is 5. The average Bonchev–Trinajstić information content (AvgIpc) is 2.64. The van der Waals surface area contributed by atoms with Gasteiger partial charge in [0.2, 0.25) is 0 Å². The Hall–Kier alpha value is -2.02. The van der Waals surface area contributed by atoms with E-state index in [1.165, 1.54) is 0 Å². The topological polar surface area (TPSA) is 78.8 Å². The van der Waals surface area contributed by atoms with Gasteiger partial charge in [0.15, 0.2) is 0 Å². The fourth-order valence-electron chi connectivity index (χ4n) is 2.10. The van der Waals surface area contributed by atoms with Crippen molar-refractivity contribution >= 4 is 17.9 Å². The highest BCUT2D eigenvalue weighted by atomic mass is 32.2. The Labute approximate surface area is 145 Å². The van der Waals surface area contributed by atoms with E-state index in [9.17, 15) is 15.0 Å². The molecule has 2 atom stereocenters. The normalized spacial score (nSPS) is 13.1. The fraction of sp³-hybridized carbons (Fsp3) is 0.278. The molecule has 0 aliphatic carbocycles. The molecule has 2 rings (SSSR count). The van der Waals surface area contributed by atoms with Gasteiger partial charge in [-0.25, -0.2) is 4.79 Å². The lowest BCUT2D eigenvalue weighted by molar-refractivity contribution is 0.0184. The summed E-state index contributed by atoms with van der Waals surface area (Å²) < 4.78 is 5.05. The van der Waals surface area contributed by atoms with Crippen molar-refractivity contribution in [2.75, 3.05) is 12.8 Å². The van der Waals surface area contributed by atoms with E-state index in [4.69, 9.17) is 4.74 Å². The third kappa shape index (κ3) is 5.56. The molecule has 24 heavy (non-hydrogen) atoms. The minimum absolute atomic E-state index is 0.0981. The van der Waals surface area contributed by atoms with Gasteiger partial charge in [0.1, 0.15) is 18.8 Å². The predicted octanol–water partition coefficient (Wildman–Crippen LogP) is 2.73. The first-order chi connectivity index (χ1) is 11.6. The molecule has 2 aromatic carbocycles. The zero-order chi connectivity index (χ0) is 17.4. The number of hydrogen-bond donors (Lipinski definition) is 3. The molecule has 2 aromatic rings. The second-order valence-corrected chi connectivity index (χ2v) is 6.11. The summed E-state index contributed by atoms with van der Waals surface area (Å²) in [7, 11) is 0. The van der Waals surface area contributed by atoms with Crippen molar-refractivity contribution in [3.63, 3.8) is 0 Å². The lowest BCUT2D eigenvalue weighted by atomic mass is 10.0. The predicted molar refractivity (Wildman–Crippen MR) is 93.8 cm³/mol. The lowest BCUT2D eigenvalue weighted by Crippen LogP contribution is -2.35. The molecule has 0 heterocycles. The maximum absolute atomic E-state index is 11.6. The molecule has 1 amide bonds. The van der Waals surface area contributed by atoms with Crippen LogP contribution in [0.4, 0.5) is 4.79 Å². The van der Waals surface area contributed by atoms with E-state index >= 15 is 0 Å². The SMILES string of the molecule is CSc1ccc(C(O)C(O)CNC(=O)OCc2ccccc2)cc1. The van der Waals surface area contributed by atoms with Gasteiger partial charge in [-0.05, 0) is 29.5 Å². The summed E-state index contributed by atoms with van der Waals surface area (Å²) in [5.41, 5.74) is 1.47. The first kappa shape index (κ1) is 18.3. The number of amides is 1. The minimum atomic E-state index is -1.12. The van der Waals surface area contributed by atoms with Crippen molar-refractivity contribution in [1.29, 1.82) is 0 Å². The summed E-state index contributed by atoms with van der Waals surface area (Å²) in [4.78, 5) is 12.7. The van der Waals surface area contributed by atoms with E-state index < -0.39 is 18.3 Å². The highest BCUT2D eigenvalue weighted by Gasteiger charge is 2.19. The van der Waals surface area contributed by atoms with Gasteiger partial charge in [-0.2, -0.15) is 0 Å². The van der Waals surface area contributed by atoms with Crippen LogP contribution in [0.25, 0.3) is 0 Å². The smallest absolute Gasteiger partial charge is 0.407 e. The Bertz CT molecular complexity index is 633.